The normalized spacial score (nSPS) is 17.7. The molecular weight excluding hydrogens is 879 g/mol. The summed E-state index contributed by atoms with van der Waals surface area (Å²) in [7, 11) is -4.06. The maximum absolute atomic E-state index is 14.2. The van der Waals surface area contributed by atoms with Gasteiger partial charge in [-0.05, 0) is 59.9 Å². The molecule has 5 atom stereocenters. The Kier molecular flexibility index (Phi) is 14.2. The number of rotatable bonds is 16. The van der Waals surface area contributed by atoms with Gasteiger partial charge >= 0.3 is 0 Å². The Morgan fingerprint density at radius 1 is 0.687 bits per heavy atom. The third-order valence-corrected chi connectivity index (χ3v) is 14.1. The van der Waals surface area contributed by atoms with Crippen LogP contribution in [0.25, 0.3) is 22.6 Å². The first-order chi connectivity index (χ1) is 32.7. The van der Waals surface area contributed by atoms with Crippen LogP contribution in [0.3, 0.4) is 0 Å². The van der Waals surface area contributed by atoms with Gasteiger partial charge in [-0.3, -0.25) is 4.79 Å². The minimum absolute atomic E-state index is 0.0655. The molecule has 0 aliphatic carbocycles. The lowest BCUT2D eigenvalue weighted by atomic mass is 9.84. The third-order valence-electron chi connectivity index (χ3n) is 11.7. The van der Waals surface area contributed by atoms with Crippen LogP contribution in [0.2, 0.25) is 0 Å². The van der Waals surface area contributed by atoms with Gasteiger partial charge in [-0.15, -0.1) is 0 Å². The summed E-state index contributed by atoms with van der Waals surface area (Å²) in [6.45, 7) is 1.79. The first-order valence-corrected chi connectivity index (χ1v) is 24.5. The van der Waals surface area contributed by atoms with E-state index in [1.807, 2.05) is 146 Å². The number of carbonyl (C=O) groups is 1. The second-order valence-corrected chi connectivity index (χ2v) is 19.1. The Morgan fingerprint density at radius 3 is 1.99 bits per heavy atom. The summed E-state index contributed by atoms with van der Waals surface area (Å²) >= 11 is 1.46. The fourth-order valence-electron chi connectivity index (χ4n) is 8.25. The zero-order chi connectivity index (χ0) is 46.2. The molecule has 0 radical (unpaired) electrons. The van der Waals surface area contributed by atoms with Crippen molar-refractivity contribution in [2.75, 3.05) is 11.1 Å². The molecule has 0 bridgehead atoms. The highest BCUT2D eigenvalue weighted by Gasteiger charge is 2.42. The molecule has 1 aliphatic rings. The first-order valence-electron chi connectivity index (χ1n) is 22.0. The lowest BCUT2D eigenvalue weighted by molar-refractivity contribution is -0.255. The molecule has 1 unspecified atom stereocenters. The van der Waals surface area contributed by atoms with Crippen molar-refractivity contribution in [3.05, 3.63) is 228 Å². The number of aromatic nitrogens is 1. The Balaban J connectivity index is 1.03. The number of thioether (sulfide) groups is 1. The predicted octanol–water partition coefficient (Wildman–Crippen LogP) is 11.1. The number of hydrogen-bond acceptors (Lipinski definition) is 9. The number of aliphatic hydroxyl groups is 1. The number of carbonyl (C=O) groups excluding carboxylic acids is 1. The van der Waals surface area contributed by atoms with Gasteiger partial charge in [0.05, 0.1) is 23.7 Å². The van der Waals surface area contributed by atoms with Crippen LogP contribution in [0.5, 0.6) is 0 Å². The molecule has 1 aromatic heterocycles. The average Bonchev–Trinajstić information content (AvgIpc) is 3.81. The maximum atomic E-state index is 14.2. The highest BCUT2D eigenvalue weighted by molar-refractivity contribution is 7.99. The summed E-state index contributed by atoms with van der Waals surface area (Å²) in [5, 5.41) is 13.4. The Hall–Kier alpha value is -6.64. The Morgan fingerprint density at radius 2 is 1.31 bits per heavy atom. The highest BCUT2D eigenvalue weighted by atomic mass is 32.2. The number of oxazole rings is 1. The number of benzene rings is 7. The quantitative estimate of drug-likeness (QED) is 0.0808. The van der Waals surface area contributed by atoms with Gasteiger partial charge in [0.25, 0.3) is 5.22 Å². The third kappa shape index (κ3) is 11.0. The Labute approximate surface area is 395 Å². The molecular formula is C55H49N3O7S2. The van der Waals surface area contributed by atoms with Gasteiger partial charge in [-0.1, -0.05) is 187 Å². The average molecular weight is 928 g/mol. The number of amides is 1. The van der Waals surface area contributed by atoms with Crippen molar-refractivity contribution in [2.24, 2.45) is 0 Å². The van der Waals surface area contributed by atoms with E-state index in [1.54, 1.807) is 30.3 Å². The molecule has 338 valence electrons. The van der Waals surface area contributed by atoms with Gasteiger partial charge in [0, 0.05) is 34.0 Å². The lowest BCUT2D eigenvalue weighted by Gasteiger charge is -2.43. The minimum Gasteiger partial charge on any atom is -0.431 e. The molecule has 67 heavy (non-hydrogen) atoms. The van der Waals surface area contributed by atoms with Crippen LogP contribution in [0, 0.1) is 6.92 Å². The molecule has 0 spiro atoms. The van der Waals surface area contributed by atoms with E-state index in [0.29, 0.717) is 28.0 Å². The van der Waals surface area contributed by atoms with E-state index in [0.717, 1.165) is 44.6 Å². The first kappa shape index (κ1) is 45.5. The number of nitrogens with zero attached hydrogens (tertiary/aromatic N) is 1. The van der Waals surface area contributed by atoms with Crippen molar-refractivity contribution in [1.82, 2.24) is 9.71 Å². The van der Waals surface area contributed by atoms with Crippen LogP contribution in [-0.2, 0) is 37.3 Å². The number of ether oxygens (including phenoxy) is 2. The standard InChI is InChI=1S/C55H49N3O7S2/c1-37-25-31-46(32-26-37)67(61,62)58-47(33-38-15-6-2-7-16-38)53(60)56-45-24-14-23-44(34-45)54-63-48(49(40-17-8-3-9-18-40)51(64-54)43-29-27-39(35-59)28-30-43)36-66-55-57-50(41-19-10-4-11-20-41)52(65-55)42-21-12-5-13-22-42/h2-32,34,47-49,51,54,58-59H,33,35-36H2,1H3,(H,56,60)/t47-,48-,49-,51+,54?/m1/s1. The summed E-state index contributed by atoms with van der Waals surface area (Å²) in [6.07, 6.45) is -1.73. The van der Waals surface area contributed by atoms with Gasteiger partial charge in [0.1, 0.15) is 11.7 Å². The molecule has 10 nitrogen and oxygen atoms in total. The predicted molar refractivity (Wildman–Crippen MR) is 262 cm³/mol. The second kappa shape index (κ2) is 20.9. The molecule has 1 fully saturated rings. The van der Waals surface area contributed by atoms with Crippen LogP contribution in [0.1, 0.15) is 51.7 Å². The molecule has 1 aliphatic heterocycles. The topological polar surface area (TPSA) is 140 Å². The van der Waals surface area contributed by atoms with E-state index in [4.69, 9.17) is 18.9 Å². The zero-order valence-corrected chi connectivity index (χ0v) is 38.3. The van der Waals surface area contributed by atoms with E-state index in [1.165, 1.54) is 23.9 Å². The van der Waals surface area contributed by atoms with Gasteiger partial charge in [-0.2, -0.15) is 4.72 Å². The molecule has 1 saturated heterocycles. The number of nitrogens with one attached hydrogen (secondary N) is 2. The number of anilines is 1. The summed E-state index contributed by atoms with van der Waals surface area (Å²) in [5.74, 6) is 0.296. The van der Waals surface area contributed by atoms with Crippen molar-refractivity contribution in [1.29, 1.82) is 0 Å². The van der Waals surface area contributed by atoms with Crippen LogP contribution in [-0.4, -0.2) is 42.3 Å². The fraction of sp³-hybridized carbons (Fsp3) is 0.164. The van der Waals surface area contributed by atoms with Crippen molar-refractivity contribution < 1.29 is 32.2 Å². The highest BCUT2D eigenvalue weighted by Crippen LogP contribution is 2.48. The number of aryl methyl sites for hydroxylation is 1. The zero-order valence-electron chi connectivity index (χ0n) is 36.6. The van der Waals surface area contributed by atoms with Crippen LogP contribution in [0.4, 0.5) is 5.69 Å². The molecule has 2 heterocycles. The molecule has 9 rings (SSSR count). The number of aliphatic hydroxyl groups excluding tert-OH is 1. The van der Waals surface area contributed by atoms with E-state index in [9.17, 15) is 18.3 Å². The second-order valence-electron chi connectivity index (χ2n) is 16.4. The largest absolute Gasteiger partial charge is 0.431 e. The molecule has 1 amide bonds. The van der Waals surface area contributed by atoms with E-state index in [-0.39, 0.29) is 23.8 Å². The van der Waals surface area contributed by atoms with Crippen molar-refractivity contribution in [3.8, 4) is 22.6 Å². The number of hydrogen-bond donors (Lipinski definition) is 3. The SMILES string of the molecule is Cc1ccc(S(=O)(=O)N[C@H](Cc2ccccc2)C(=O)Nc2cccc(C3O[C@H](CSc4nc(-c5ccccc5)c(-c5ccccc5)o4)[C@@H](c4ccccc4)[C@H](c4ccc(CO)cc4)O3)c2)cc1. The van der Waals surface area contributed by atoms with Crippen molar-refractivity contribution in [2.45, 2.75) is 60.5 Å². The monoisotopic (exact) mass is 927 g/mol. The summed E-state index contributed by atoms with van der Waals surface area (Å²) in [4.78, 5) is 19.3. The number of sulfonamides is 1. The lowest BCUT2D eigenvalue weighted by Crippen LogP contribution is -2.45. The van der Waals surface area contributed by atoms with E-state index < -0.39 is 40.5 Å². The van der Waals surface area contributed by atoms with Gasteiger partial charge in [0.15, 0.2) is 12.1 Å². The van der Waals surface area contributed by atoms with E-state index in [2.05, 4.69) is 22.2 Å². The molecule has 7 aromatic carbocycles. The molecule has 8 aromatic rings. The van der Waals surface area contributed by atoms with Crippen LogP contribution >= 0.6 is 11.8 Å². The Bertz CT molecular complexity index is 2940. The van der Waals surface area contributed by atoms with Crippen molar-refractivity contribution >= 4 is 33.4 Å². The summed E-state index contributed by atoms with van der Waals surface area (Å²) in [6, 6.07) is 59.7. The van der Waals surface area contributed by atoms with Gasteiger partial charge in [-0.25, -0.2) is 13.4 Å². The summed E-state index contributed by atoms with van der Waals surface area (Å²) < 4.78 is 50.5. The summed E-state index contributed by atoms with van der Waals surface area (Å²) in [5.41, 5.74) is 8.08. The van der Waals surface area contributed by atoms with Gasteiger partial charge < -0.3 is 24.3 Å². The maximum Gasteiger partial charge on any atom is 0.256 e. The smallest absolute Gasteiger partial charge is 0.256 e. The van der Waals surface area contributed by atoms with Crippen LogP contribution < -0.4 is 10.0 Å². The van der Waals surface area contributed by atoms with Crippen molar-refractivity contribution in [3.63, 3.8) is 0 Å². The van der Waals surface area contributed by atoms with Crippen LogP contribution in [0.15, 0.2) is 209 Å². The minimum atomic E-state index is -4.06. The molecule has 12 heteroatoms. The molecule has 3 N–H and O–H groups in total. The van der Waals surface area contributed by atoms with E-state index >= 15 is 0 Å². The molecule has 0 saturated carbocycles. The fourth-order valence-corrected chi connectivity index (χ4v) is 10.3. The van der Waals surface area contributed by atoms with Gasteiger partial charge in [0.2, 0.25) is 15.9 Å².